The summed E-state index contributed by atoms with van der Waals surface area (Å²) in [6.07, 6.45) is 0.104. The van der Waals surface area contributed by atoms with Gasteiger partial charge >= 0.3 is 0 Å². The third-order valence-electron chi connectivity index (χ3n) is 2.57. The van der Waals surface area contributed by atoms with Crippen molar-refractivity contribution in [1.29, 1.82) is 0 Å². The molecule has 0 saturated carbocycles. The Bertz CT molecular complexity index is 504. The predicted octanol–water partition coefficient (Wildman–Crippen LogP) is 1.72. The van der Waals surface area contributed by atoms with E-state index in [-0.39, 0.29) is 24.1 Å². The first-order valence-electron chi connectivity index (χ1n) is 5.03. The van der Waals surface area contributed by atoms with Crippen molar-refractivity contribution >= 4 is 33.4 Å². The Balaban J connectivity index is 2.22. The van der Waals surface area contributed by atoms with Crippen LogP contribution in [-0.4, -0.2) is 17.9 Å². The van der Waals surface area contributed by atoms with Crippen LogP contribution in [0.1, 0.15) is 12.0 Å². The topological polar surface area (TPSA) is 58.2 Å². The zero-order valence-corrected chi connectivity index (χ0v) is 10.6. The minimum Gasteiger partial charge on any atom is -0.373 e. The molecule has 0 bridgehead atoms. The first kappa shape index (κ1) is 12.0. The number of benzene rings is 1. The van der Waals surface area contributed by atoms with Gasteiger partial charge in [0.25, 0.3) is 0 Å². The molecule has 1 aromatic rings. The Morgan fingerprint density at radius 3 is 2.76 bits per heavy atom. The number of halogens is 2. The average Bonchev–Trinajstić information content (AvgIpc) is 2.54. The zero-order valence-electron chi connectivity index (χ0n) is 9.01. The van der Waals surface area contributed by atoms with E-state index in [1.807, 2.05) is 0 Å². The normalized spacial score (nSPS) is 19.4. The fourth-order valence-corrected chi connectivity index (χ4v) is 2.00. The fourth-order valence-electron chi connectivity index (χ4n) is 1.66. The van der Waals surface area contributed by atoms with Crippen molar-refractivity contribution in [2.24, 2.45) is 0 Å². The van der Waals surface area contributed by atoms with Crippen molar-refractivity contribution in [1.82, 2.24) is 5.32 Å². The third-order valence-corrected chi connectivity index (χ3v) is 3.17. The van der Waals surface area contributed by atoms with Gasteiger partial charge in [0.15, 0.2) is 0 Å². The van der Waals surface area contributed by atoms with Crippen molar-refractivity contribution in [3.63, 3.8) is 0 Å². The van der Waals surface area contributed by atoms with Crippen molar-refractivity contribution in [2.75, 3.05) is 5.32 Å². The van der Waals surface area contributed by atoms with Crippen LogP contribution in [-0.2, 0) is 9.59 Å². The lowest BCUT2D eigenvalue weighted by atomic mass is 10.1. The first-order valence-corrected chi connectivity index (χ1v) is 5.82. The standard InChI is InChI=1S/C11H10BrFN2O2/c1-5-2-7(13)6(12)3-8(5)14-9-4-10(16)15-11(9)17/h2-3,9,14H,4H2,1H3,(H,15,16,17). The van der Waals surface area contributed by atoms with Crippen molar-refractivity contribution in [3.8, 4) is 0 Å². The maximum atomic E-state index is 13.2. The lowest BCUT2D eigenvalue weighted by Gasteiger charge is -2.14. The first-order chi connectivity index (χ1) is 7.97. The summed E-state index contributed by atoms with van der Waals surface area (Å²) >= 11 is 3.07. The van der Waals surface area contributed by atoms with Crippen LogP contribution in [0, 0.1) is 12.7 Å². The number of amides is 2. The Labute approximate surface area is 106 Å². The van der Waals surface area contributed by atoms with Crippen LogP contribution >= 0.6 is 15.9 Å². The van der Waals surface area contributed by atoms with Crippen molar-refractivity contribution in [2.45, 2.75) is 19.4 Å². The zero-order chi connectivity index (χ0) is 12.6. The van der Waals surface area contributed by atoms with E-state index in [0.717, 1.165) is 0 Å². The summed E-state index contributed by atoms with van der Waals surface area (Å²) in [7, 11) is 0. The van der Waals surface area contributed by atoms with E-state index in [1.54, 1.807) is 13.0 Å². The molecule has 0 radical (unpaired) electrons. The Kier molecular flexibility index (Phi) is 3.15. The number of anilines is 1. The molecule has 90 valence electrons. The molecule has 0 aromatic heterocycles. The highest BCUT2D eigenvalue weighted by Gasteiger charge is 2.30. The monoisotopic (exact) mass is 300 g/mol. The van der Waals surface area contributed by atoms with Crippen LogP contribution in [0.25, 0.3) is 0 Å². The van der Waals surface area contributed by atoms with E-state index in [2.05, 4.69) is 26.6 Å². The maximum Gasteiger partial charge on any atom is 0.249 e. The number of hydrogen-bond donors (Lipinski definition) is 2. The summed E-state index contributed by atoms with van der Waals surface area (Å²) in [4.78, 5) is 22.4. The maximum absolute atomic E-state index is 13.2. The van der Waals surface area contributed by atoms with Gasteiger partial charge in [-0.15, -0.1) is 0 Å². The number of imide groups is 1. The van der Waals surface area contributed by atoms with Crippen LogP contribution in [0.4, 0.5) is 10.1 Å². The molecule has 2 amide bonds. The smallest absolute Gasteiger partial charge is 0.249 e. The number of carbonyl (C=O) groups is 2. The molecule has 17 heavy (non-hydrogen) atoms. The highest BCUT2D eigenvalue weighted by molar-refractivity contribution is 9.10. The molecule has 1 aliphatic rings. The highest BCUT2D eigenvalue weighted by Crippen LogP contribution is 2.25. The molecule has 1 fully saturated rings. The lowest BCUT2D eigenvalue weighted by Crippen LogP contribution is -2.30. The molecule has 0 aliphatic carbocycles. The van der Waals surface area contributed by atoms with Gasteiger partial charge in [-0.2, -0.15) is 0 Å². The number of rotatable bonds is 2. The fraction of sp³-hybridized carbons (Fsp3) is 0.273. The molecular weight excluding hydrogens is 291 g/mol. The average molecular weight is 301 g/mol. The van der Waals surface area contributed by atoms with E-state index < -0.39 is 6.04 Å². The van der Waals surface area contributed by atoms with Crippen LogP contribution in [0.5, 0.6) is 0 Å². The second-order valence-corrected chi connectivity index (χ2v) is 4.75. The summed E-state index contributed by atoms with van der Waals surface area (Å²) in [5.41, 5.74) is 1.31. The SMILES string of the molecule is Cc1cc(F)c(Br)cc1NC1CC(=O)NC1=O. The van der Waals surface area contributed by atoms with Crippen molar-refractivity contribution in [3.05, 3.63) is 28.0 Å². The van der Waals surface area contributed by atoms with Crippen LogP contribution in [0.2, 0.25) is 0 Å². The van der Waals surface area contributed by atoms with Gasteiger partial charge < -0.3 is 5.32 Å². The minimum absolute atomic E-state index is 0.104. The molecule has 0 spiro atoms. The van der Waals surface area contributed by atoms with Gasteiger partial charge in [-0.05, 0) is 40.5 Å². The highest BCUT2D eigenvalue weighted by atomic mass is 79.9. The molecule has 2 N–H and O–H groups in total. The number of nitrogens with one attached hydrogen (secondary N) is 2. The van der Waals surface area contributed by atoms with Crippen LogP contribution in [0.3, 0.4) is 0 Å². The van der Waals surface area contributed by atoms with Gasteiger partial charge in [-0.1, -0.05) is 0 Å². The van der Waals surface area contributed by atoms with E-state index in [4.69, 9.17) is 0 Å². The molecule has 1 saturated heterocycles. The van der Waals surface area contributed by atoms with Gasteiger partial charge in [0.2, 0.25) is 11.8 Å². The molecule has 1 atom stereocenters. The molecule has 1 heterocycles. The Hall–Kier alpha value is -1.43. The molecule has 2 rings (SSSR count). The number of aryl methyl sites for hydroxylation is 1. The van der Waals surface area contributed by atoms with Gasteiger partial charge in [0, 0.05) is 5.69 Å². The van der Waals surface area contributed by atoms with E-state index in [9.17, 15) is 14.0 Å². The molecule has 6 heteroatoms. The predicted molar refractivity (Wildman–Crippen MR) is 64.0 cm³/mol. The molecule has 1 aliphatic heterocycles. The number of carbonyl (C=O) groups excluding carboxylic acids is 2. The van der Waals surface area contributed by atoms with E-state index >= 15 is 0 Å². The molecule has 1 unspecified atom stereocenters. The summed E-state index contributed by atoms with van der Waals surface area (Å²) < 4.78 is 13.5. The summed E-state index contributed by atoms with van der Waals surface area (Å²) in [5.74, 6) is -1.01. The second kappa shape index (κ2) is 4.44. The second-order valence-electron chi connectivity index (χ2n) is 3.89. The van der Waals surface area contributed by atoms with Gasteiger partial charge in [0.1, 0.15) is 11.9 Å². The Morgan fingerprint density at radius 2 is 2.18 bits per heavy atom. The molecular formula is C11H10BrFN2O2. The third kappa shape index (κ3) is 2.46. The molecule has 1 aromatic carbocycles. The minimum atomic E-state index is -0.585. The van der Waals surface area contributed by atoms with E-state index in [1.165, 1.54) is 6.07 Å². The van der Waals surface area contributed by atoms with Gasteiger partial charge in [0.05, 0.1) is 10.9 Å². The molecule has 4 nitrogen and oxygen atoms in total. The quantitative estimate of drug-likeness (QED) is 0.818. The Morgan fingerprint density at radius 1 is 1.47 bits per heavy atom. The van der Waals surface area contributed by atoms with Gasteiger partial charge in [-0.25, -0.2) is 4.39 Å². The van der Waals surface area contributed by atoms with Crippen molar-refractivity contribution < 1.29 is 14.0 Å². The summed E-state index contributed by atoms with van der Waals surface area (Å²) in [6, 6.07) is 2.33. The largest absolute Gasteiger partial charge is 0.373 e. The number of hydrogen-bond acceptors (Lipinski definition) is 3. The van der Waals surface area contributed by atoms with Gasteiger partial charge in [-0.3, -0.25) is 14.9 Å². The summed E-state index contributed by atoms with van der Waals surface area (Å²) in [5, 5.41) is 5.13. The lowest BCUT2D eigenvalue weighted by molar-refractivity contribution is -0.124. The van der Waals surface area contributed by atoms with Crippen LogP contribution < -0.4 is 10.6 Å². The van der Waals surface area contributed by atoms with Crippen LogP contribution in [0.15, 0.2) is 16.6 Å². The summed E-state index contributed by atoms with van der Waals surface area (Å²) in [6.45, 7) is 1.73. The van der Waals surface area contributed by atoms with E-state index in [0.29, 0.717) is 15.7 Å².